The Morgan fingerprint density at radius 3 is 2.80 bits per heavy atom. The molecular formula is C15H9ClN2OS. The summed E-state index contributed by atoms with van der Waals surface area (Å²) in [5, 5.41) is 2.36. The molecule has 3 nitrogen and oxygen atoms in total. The van der Waals surface area contributed by atoms with Crippen molar-refractivity contribution in [3.8, 4) is 0 Å². The molecule has 1 aromatic heterocycles. The molecule has 20 heavy (non-hydrogen) atoms. The maximum atomic E-state index is 11.1. The highest BCUT2D eigenvalue weighted by molar-refractivity contribution is 7.99. The molecule has 2 aromatic carbocycles. The topological polar surface area (TPSA) is 42.9 Å². The Morgan fingerprint density at radius 2 is 1.95 bits per heavy atom. The van der Waals surface area contributed by atoms with E-state index in [0.29, 0.717) is 10.6 Å². The third-order valence-corrected chi connectivity index (χ3v) is 4.14. The maximum Gasteiger partial charge on any atom is 0.151 e. The van der Waals surface area contributed by atoms with Crippen LogP contribution in [0.2, 0.25) is 5.02 Å². The Balaban J connectivity index is 2.10. The fourth-order valence-corrected chi connectivity index (χ4v) is 3.11. The van der Waals surface area contributed by atoms with E-state index in [-0.39, 0.29) is 0 Å². The molecule has 0 aliphatic rings. The predicted molar refractivity (Wildman–Crippen MR) is 80.5 cm³/mol. The lowest BCUT2D eigenvalue weighted by Gasteiger charge is -2.07. The number of rotatable bonds is 3. The number of benzene rings is 2. The third kappa shape index (κ3) is 2.53. The summed E-state index contributed by atoms with van der Waals surface area (Å²) in [5.74, 6) is 0. The van der Waals surface area contributed by atoms with Crippen molar-refractivity contribution in [2.75, 3.05) is 0 Å². The minimum Gasteiger partial charge on any atom is -0.298 e. The van der Waals surface area contributed by atoms with Crippen molar-refractivity contribution >= 4 is 40.6 Å². The summed E-state index contributed by atoms with van der Waals surface area (Å²) in [6, 6.07) is 12.9. The molecule has 0 aliphatic carbocycles. The summed E-state index contributed by atoms with van der Waals surface area (Å²) in [5.41, 5.74) is 1.47. The van der Waals surface area contributed by atoms with E-state index >= 15 is 0 Å². The van der Waals surface area contributed by atoms with Gasteiger partial charge in [0.2, 0.25) is 0 Å². The van der Waals surface area contributed by atoms with Crippen molar-refractivity contribution in [3.63, 3.8) is 0 Å². The van der Waals surface area contributed by atoms with Crippen LogP contribution in [-0.4, -0.2) is 16.3 Å². The SMILES string of the molecule is O=Cc1ccc(Cl)cc1Sc1ncnc2ccccc12. The Hall–Kier alpha value is -1.91. The van der Waals surface area contributed by atoms with Gasteiger partial charge in [-0.05, 0) is 24.3 Å². The largest absolute Gasteiger partial charge is 0.298 e. The van der Waals surface area contributed by atoms with Gasteiger partial charge < -0.3 is 0 Å². The smallest absolute Gasteiger partial charge is 0.151 e. The first kappa shape index (κ1) is 13.1. The second kappa shape index (κ2) is 5.61. The van der Waals surface area contributed by atoms with Crippen molar-refractivity contribution in [3.05, 3.63) is 59.4 Å². The van der Waals surface area contributed by atoms with E-state index in [1.54, 1.807) is 18.2 Å². The van der Waals surface area contributed by atoms with Gasteiger partial charge in [0.15, 0.2) is 6.29 Å². The van der Waals surface area contributed by atoms with E-state index in [1.165, 1.54) is 18.1 Å². The lowest BCUT2D eigenvalue weighted by molar-refractivity contribution is 0.112. The van der Waals surface area contributed by atoms with Gasteiger partial charge in [-0.2, -0.15) is 0 Å². The molecule has 98 valence electrons. The fourth-order valence-electron chi connectivity index (χ4n) is 1.86. The van der Waals surface area contributed by atoms with Gasteiger partial charge in [-0.1, -0.05) is 41.6 Å². The number of nitrogens with zero attached hydrogens (tertiary/aromatic N) is 2. The highest BCUT2D eigenvalue weighted by atomic mass is 35.5. The Kier molecular flexibility index (Phi) is 3.67. The molecule has 3 rings (SSSR count). The minimum atomic E-state index is 0.594. The number of aldehydes is 1. The number of carbonyl (C=O) groups excluding carboxylic acids is 1. The lowest BCUT2D eigenvalue weighted by atomic mass is 10.2. The molecule has 0 unspecified atom stereocenters. The standard InChI is InChI=1S/C15H9ClN2OS/c16-11-6-5-10(8-19)14(7-11)20-15-12-3-1-2-4-13(12)17-9-18-15/h1-9H. The van der Waals surface area contributed by atoms with E-state index < -0.39 is 0 Å². The number of para-hydroxylation sites is 1. The lowest BCUT2D eigenvalue weighted by Crippen LogP contribution is -1.89. The minimum absolute atomic E-state index is 0.594. The van der Waals surface area contributed by atoms with Gasteiger partial charge in [-0.15, -0.1) is 0 Å². The van der Waals surface area contributed by atoms with Gasteiger partial charge in [0.1, 0.15) is 11.4 Å². The molecule has 5 heteroatoms. The molecule has 0 N–H and O–H groups in total. The molecule has 0 saturated heterocycles. The normalized spacial score (nSPS) is 10.7. The highest BCUT2D eigenvalue weighted by Crippen LogP contribution is 2.34. The van der Waals surface area contributed by atoms with E-state index in [9.17, 15) is 4.79 Å². The van der Waals surface area contributed by atoms with Crippen LogP contribution >= 0.6 is 23.4 Å². The van der Waals surface area contributed by atoms with Crippen molar-refractivity contribution in [1.82, 2.24) is 9.97 Å². The van der Waals surface area contributed by atoms with Gasteiger partial charge >= 0.3 is 0 Å². The molecule has 0 saturated carbocycles. The second-order valence-electron chi connectivity index (χ2n) is 4.10. The zero-order valence-electron chi connectivity index (χ0n) is 10.3. The van der Waals surface area contributed by atoms with Crippen LogP contribution in [0.3, 0.4) is 0 Å². The quantitative estimate of drug-likeness (QED) is 0.536. The van der Waals surface area contributed by atoms with E-state index in [0.717, 1.165) is 27.1 Å². The first-order valence-corrected chi connectivity index (χ1v) is 7.10. The van der Waals surface area contributed by atoms with Crippen LogP contribution in [-0.2, 0) is 0 Å². The van der Waals surface area contributed by atoms with Crippen molar-refractivity contribution in [2.24, 2.45) is 0 Å². The first-order valence-electron chi connectivity index (χ1n) is 5.90. The molecule has 0 aliphatic heterocycles. The van der Waals surface area contributed by atoms with Gasteiger partial charge in [-0.25, -0.2) is 9.97 Å². The van der Waals surface area contributed by atoms with Crippen LogP contribution in [0.25, 0.3) is 10.9 Å². The van der Waals surface area contributed by atoms with E-state index in [1.807, 2.05) is 24.3 Å². The number of hydrogen-bond donors (Lipinski definition) is 0. The zero-order chi connectivity index (χ0) is 13.9. The predicted octanol–water partition coefficient (Wildman–Crippen LogP) is 4.25. The van der Waals surface area contributed by atoms with Crippen LogP contribution in [0.5, 0.6) is 0 Å². The Bertz CT molecular complexity index is 786. The number of hydrogen-bond acceptors (Lipinski definition) is 4. The number of carbonyl (C=O) groups is 1. The molecular weight excluding hydrogens is 292 g/mol. The second-order valence-corrected chi connectivity index (χ2v) is 5.57. The monoisotopic (exact) mass is 300 g/mol. The summed E-state index contributed by atoms with van der Waals surface area (Å²) in [7, 11) is 0. The first-order chi connectivity index (χ1) is 9.78. The van der Waals surface area contributed by atoms with Gasteiger partial charge in [0.25, 0.3) is 0 Å². The van der Waals surface area contributed by atoms with Crippen molar-refractivity contribution in [2.45, 2.75) is 9.92 Å². The van der Waals surface area contributed by atoms with E-state index in [2.05, 4.69) is 9.97 Å². The number of aromatic nitrogens is 2. The molecule has 1 heterocycles. The highest BCUT2D eigenvalue weighted by Gasteiger charge is 2.09. The molecule has 0 radical (unpaired) electrons. The van der Waals surface area contributed by atoms with Crippen molar-refractivity contribution in [1.29, 1.82) is 0 Å². The van der Waals surface area contributed by atoms with Crippen LogP contribution in [0.4, 0.5) is 0 Å². The third-order valence-electron chi connectivity index (χ3n) is 2.82. The summed E-state index contributed by atoms with van der Waals surface area (Å²) in [6.07, 6.45) is 2.35. The molecule has 0 bridgehead atoms. The number of halogens is 1. The van der Waals surface area contributed by atoms with Gasteiger partial charge in [-0.3, -0.25) is 4.79 Å². The summed E-state index contributed by atoms with van der Waals surface area (Å²) >= 11 is 7.41. The fraction of sp³-hybridized carbons (Fsp3) is 0. The molecule has 0 fully saturated rings. The molecule has 0 amide bonds. The number of fused-ring (bicyclic) bond motifs is 1. The van der Waals surface area contributed by atoms with Crippen LogP contribution in [0, 0.1) is 0 Å². The van der Waals surface area contributed by atoms with Gasteiger partial charge in [0, 0.05) is 20.9 Å². The van der Waals surface area contributed by atoms with E-state index in [4.69, 9.17) is 11.6 Å². The Morgan fingerprint density at radius 1 is 1.10 bits per heavy atom. The average molecular weight is 301 g/mol. The summed E-state index contributed by atoms with van der Waals surface area (Å²) < 4.78 is 0. The molecule has 0 spiro atoms. The molecule has 3 aromatic rings. The summed E-state index contributed by atoms with van der Waals surface area (Å²) in [4.78, 5) is 20.4. The molecule has 0 atom stereocenters. The average Bonchev–Trinajstić information content (AvgIpc) is 2.48. The maximum absolute atomic E-state index is 11.1. The van der Waals surface area contributed by atoms with Crippen molar-refractivity contribution < 1.29 is 4.79 Å². The van der Waals surface area contributed by atoms with Crippen LogP contribution < -0.4 is 0 Å². The van der Waals surface area contributed by atoms with Crippen LogP contribution in [0.1, 0.15) is 10.4 Å². The zero-order valence-corrected chi connectivity index (χ0v) is 11.9. The summed E-state index contributed by atoms with van der Waals surface area (Å²) in [6.45, 7) is 0. The van der Waals surface area contributed by atoms with Crippen LogP contribution in [0.15, 0.2) is 58.7 Å². The van der Waals surface area contributed by atoms with Gasteiger partial charge in [0.05, 0.1) is 5.52 Å². The Labute approximate surface area is 125 Å².